The topological polar surface area (TPSA) is 43.4 Å². The lowest BCUT2D eigenvalue weighted by Crippen LogP contribution is -2.35. The Hall–Kier alpha value is -1.13. The van der Waals surface area contributed by atoms with Crippen LogP contribution in [0.4, 0.5) is 0 Å². The number of rotatable bonds is 5. The molecule has 1 N–H and O–H groups in total. The summed E-state index contributed by atoms with van der Waals surface area (Å²) in [5.41, 5.74) is 1.02. The minimum atomic E-state index is 0.209. The van der Waals surface area contributed by atoms with Crippen molar-refractivity contribution in [2.24, 2.45) is 0 Å². The van der Waals surface area contributed by atoms with Crippen molar-refractivity contribution >= 4 is 0 Å². The van der Waals surface area contributed by atoms with Crippen molar-refractivity contribution in [1.82, 2.24) is 10.3 Å². The molecule has 2 rings (SSSR count). The quantitative estimate of drug-likeness (QED) is 0.887. The molecule has 1 aliphatic rings. The molecule has 2 unspecified atom stereocenters. The van der Waals surface area contributed by atoms with Crippen LogP contribution in [-0.2, 0) is 11.3 Å². The van der Waals surface area contributed by atoms with Crippen LogP contribution in [0.3, 0.4) is 0 Å². The zero-order valence-corrected chi connectivity index (χ0v) is 12.1. The van der Waals surface area contributed by atoms with Crippen LogP contribution in [0, 0.1) is 0 Å². The van der Waals surface area contributed by atoms with Gasteiger partial charge in [-0.2, -0.15) is 0 Å². The number of aromatic nitrogens is 1. The van der Waals surface area contributed by atoms with E-state index in [1.807, 2.05) is 18.2 Å². The molecule has 0 saturated carbocycles. The van der Waals surface area contributed by atoms with Crippen molar-refractivity contribution in [3.63, 3.8) is 0 Å². The van der Waals surface area contributed by atoms with Gasteiger partial charge < -0.3 is 14.8 Å². The molecule has 0 bridgehead atoms. The first-order valence-corrected chi connectivity index (χ1v) is 7.16. The van der Waals surface area contributed by atoms with Gasteiger partial charge in [0.15, 0.2) is 0 Å². The van der Waals surface area contributed by atoms with Crippen LogP contribution in [0.1, 0.15) is 39.3 Å². The summed E-state index contributed by atoms with van der Waals surface area (Å²) in [6.07, 6.45) is 2.60. The summed E-state index contributed by atoms with van der Waals surface area (Å²) >= 11 is 0. The van der Waals surface area contributed by atoms with E-state index in [0.29, 0.717) is 0 Å². The van der Waals surface area contributed by atoms with E-state index in [1.165, 1.54) is 0 Å². The molecule has 1 aliphatic heterocycles. The Bertz CT molecular complexity index is 387. The molecule has 4 heteroatoms. The second-order valence-corrected chi connectivity index (χ2v) is 5.22. The van der Waals surface area contributed by atoms with E-state index in [-0.39, 0.29) is 18.3 Å². The molecule has 0 spiro atoms. The third kappa shape index (κ3) is 4.48. The number of nitrogens with zero attached hydrogens (tertiary/aromatic N) is 1. The van der Waals surface area contributed by atoms with Crippen LogP contribution in [-0.4, -0.2) is 29.8 Å². The third-order valence-corrected chi connectivity index (χ3v) is 3.28. The van der Waals surface area contributed by atoms with Crippen molar-refractivity contribution in [2.45, 2.75) is 58.5 Å². The van der Waals surface area contributed by atoms with Crippen LogP contribution < -0.4 is 10.1 Å². The van der Waals surface area contributed by atoms with Gasteiger partial charge in [0.05, 0.1) is 17.9 Å². The third-order valence-electron chi connectivity index (χ3n) is 3.28. The fraction of sp³-hybridized carbons (Fsp3) is 0.667. The lowest BCUT2D eigenvalue weighted by molar-refractivity contribution is -0.0729. The van der Waals surface area contributed by atoms with E-state index in [0.717, 1.165) is 37.5 Å². The first kappa shape index (κ1) is 14.3. The summed E-state index contributed by atoms with van der Waals surface area (Å²) in [6.45, 7) is 8.02. The first-order chi connectivity index (χ1) is 9.17. The molecule has 2 heterocycles. The molecule has 106 valence electrons. The van der Waals surface area contributed by atoms with Crippen LogP contribution in [0.15, 0.2) is 18.2 Å². The fourth-order valence-electron chi connectivity index (χ4n) is 2.49. The molecule has 0 aliphatic carbocycles. The Morgan fingerprint density at radius 2 is 2.05 bits per heavy atom. The van der Waals surface area contributed by atoms with Crippen LogP contribution in [0.2, 0.25) is 0 Å². The van der Waals surface area contributed by atoms with Gasteiger partial charge in [-0.25, -0.2) is 4.98 Å². The zero-order chi connectivity index (χ0) is 13.7. The number of hydrogen-bond acceptors (Lipinski definition) is 4. The van der Waals surface area contributed by atoms with Crippen LogP contribution in [0.5, 0.6) is 5.88 Å². The average molecular weight is 264 g/mol. The van der Waals surface area contributed by atoms with Gasteiger partial charge in [-0.05, 0) is 26.5 Å². The summed E-state index contributed by atoms with van der Waals surface area (Å²) in [5.74, 6) is 0.724. The highest BCUT2D eigenvalue weighted by atomic mass is 16.5. The predicted octanol–water partition coefficient (Wildman–Crippen LogP) is 2.53. The number of nitrogens with one attached hydrogen (secondary N) is 1. The van der Waals surface area contributed by atoms with Gasteiger partial charge in [0.25, 0.3) is 0 Å². The second kappa shape index (κ2) is 6.87. The molecule has 0 radical (unpaired) electrons. The Morgan fingerprint density at radius 1 is 1.32 bits per heavy atom. The molecule has 1 saturated heterocycles. The monoisotopic (exact) mass is 264 g/mol. The first-order valence-electron chi connectivity index (χ1n) is 7.16. The smallest absolute Gasteiger partial charge is 0.213 e. The fourth-order valence-corrected chi connectivity index (χ4v) is 2.49. The lowest BCUT2D eigenvalue weighted by atomic mass is 10.0. The SMILES string of the molecule is CCNCc1cccc(OC2CC(C)OC(C)C2)n1. The molecule has 1 aromatic heterocycles. The zero-order valence-electron chi connectivity index (χ0n) is 12.1. The Kier molecular flexibility index (Phi) is 5.16. The normalized spacial score (nSPS) is 27.2. The van der Waals surface area contributed by atoms with Crippen LogP contribution >= 0.6 is 0 Å². The highest BCUT2D eigenvalue weighted by molar-refractivity contribution is 5.16. The van der Waals surface area contributed by atoms with Gasteiger partial charge in [-0.3, -0.25) is 0 Å². The van der Waals surface area contributed by atoms with Gasteiger partial charge in [0.1, 0.15) is 6.10 Å². The minimum absolute atomic E-state index is 0.209. The summed E-state index contributed by atoms with van der Waals surface area (Å²) in [7, 11) is 0. The highest BCUT2D eigenvalue weighted by Gasteiger charge is 2.26. The van der Waals surface area contributed by atoms with Crippen molar-refractivity contribution in [1.29, 1.82) is 0 Å². The molecule has 0 amide bonds. The van der Waals surface area contributed by atoms with E-state index in [4.69, 9.17) is 9.47 Å². The van der Waals surface area contributed by atoms with Gasteiger partial charge >= 0.3 is 0 Å². The lowest BCUT2D eigenvalue weighted by Gasteiger charge is -2.31. The van der Waals surface area contributed by atoms with E-state index >= 15 is 0 Å². The molecule has 2 atom stereocenters. The summed E-state index contributed by atoms with van der Waals surface area (Å²) in [5, 5.41) is 3.27. The Balaban J connectivity index is 1.94. The summed E-state index contributed by atoms with van der Waals surface area (Å²) < 4.78 is 11.7. The molecule has 4 nitrogen and oxygen atoms in total. The maximum atomic E-state index is 6.00. The van der Waals surface area contributed by atoms with Crippen molar-refractivity contribution < 1.29 is 9.47 Å². The Labute approximate surface area is 115 Å². The van der Waals surface area contributed by atoms with Crippen molar-refractivity contribution in [2.75, 3.05) is 6.54 Å². The maximum absolute atomic E-state index is 6.00. The summed E-state index contributed by atoms with van der Waals surface area (Å²) in [6, 6.07) is 5.95. The van der Waals surface area contributed by atoms with Crippen LogP contribution in [0.25, 0.3) is 0 Å². The molecular formula is C15H24N2O2. The Morgan fingerprint density at radius 3 is 2.74 bits per heavy atom. The number of hydrogen-bond donors (Lipinski definition) is 1. The molecule has 19 heavy (non-hydrogen) atoms. The maximum Gasteiger partial charge on any atom is 0.213 e. The molecule has 1 fully saturated rings. The van der Waals surface area contributed by atoms with Crippen molar-refractivity contribution in [3.05, 3.63) is 23.9 Å². The van der Waals surface area contributed by atoms with Gasteiger partial charge in [-0.1, -0.05) is 13.0 Å². The van der Waals surface area contributed by atoms with E-state index < -0.39 is 0 Å². The summed E-state index contributed by atoms with van der Waals surface area (Å²) in [4.78, 5) is 4.53. The van der Waals surface area contributed by atoms with E-state index in [1.54, 1.807) is 0 Å². The minimum Gasteiger partial charge on any atom is -0.474 e. The van der Waals surface area contributed by atoms with Gasteiger partial charge in [0.2, 0.25) is 5.88 Å². The number of pyridine rings is 1. The highest BCUT2D eigenvalue weighted by Crippen LogP contribution is 2.23. The molecular weight excluding hydrogens is 240 g/mol. The number of ether oxygens (including phenoxy) is 2. The standard InChI is InChI=1S/C15H24N2O2/c1-4-16-10-13-6-5-7-15(17-13)19-14-8-11(2)18-12(3)9-14/h5-7,11-12,14,16H,4,8-10H2,1-3H3. The molecule has 0 aromatic carbocycles. The molecule has 1 aromatic rings. The van der Waals surface area contributed by atoms with Gasteiger partial charge in [-0.15, -0.1) is 0 Å². The van der Waals surface area contributed by atoms with Gasteiger partial charge in [0, 0.05) is 25.5 Å². The average Bonchev–Trinajstić information content (AvgIpc) is 2.35. The second-order valence-electron chi connectivity index (χ2n) is 5.22. The van der Waals surface area contributed by atoms with Crippen molar-refractivity contribution in [3.8, 4) is 5.88 Å². The van der Waals surface area contributed by atoms with E-state index in [2.05, 4.69) is 31.1 Å². The largest absolute Gasteiger partial charge is 0.474 e. The van der Waals surface area contributed by atoms with E-state index in [9.17, 15) is 0 Å². The predicted molar refractivity (Wildman–Crippen MR) is 75.3 cm³/mol.